The van der Waals surface area contributed by atoms with E-state index in [-0.39, 0.29) is 23.7 Å². The van der Waals surface area contributed by atoms with Gasteiger partial charge in [0, 0.05) is 11.3 Å². The monoisotopic (exact) mass is 433 g/mol. The minimum atomic E-state index is -0.267. The Morgan fingerprint density at radius 1 is 1.09 bits per heavy atom. The summed E-state index contributed by atoms with van der Waals surface area (Å²) in [5.74, 6) is -0.00607. The molecule has 4 rings (SSSR count). The smallest absolute Gasteiger partial charge is 0.308 e. The fourth-order valence-corrected chi connectivity index (χ4v) is 4.30. The lowest BCUT2D eigenvalue weighted by atomic mass is 9.90. The number of anilines is 1. The number of aryl methyl sites for hydroxylation is 1. The highest BCUT2D eigenvalue weighted by Gasteiger charge is 2.21. The van der Waals surface area contributed by atoms with Crippen LogP contribution in [0.25, 0.3) is 11.1 Å². The maximum Gasteiger partial charge on any atom is 0.308 e. The van der Waals surface area contributed by atoms with Crippen LogP contribution < -0.4 is 10.1 Å². The van der Waals surface area contributed by atoms with Crippen molar-refractivity contribution in [1.29, 1.82) is 0 Å². The van der Waals surface area contributed by atoms with Gasteiger partial charge in [0.1, 0.15) is 11.6 Å². The van der Waals surface area contributed by atoms with E-state index in [0.29, 0.717) is 17.7 Å². The Bertz CT molecular complexity index is 1110. The molecule has 0 aliphatic carbocycles. The molecule has 32 heavy (non-hydrogen) atoms. The fourth-order valence-electron chi connectivity index (χ4n) is 4.30. The SMILES string of the molecule is COC(=O)C(C)Cc1ccc2c(c1)NC(c1ccc(-c3cc(OC)ccc3F)cc1)CC2. The summed E-state index contributed by atoms with van der Waals surface area (Å²) < 4.78 is 24.4. The highest BCUT2D eigenvalue weighted by Crippen LogP contribution is 2.35. The number of benzene rings is 3. The minimum Gasteiger partial charge on any atom is -0.497 e. The molecule has 0 saturated carbocycles. The first-order chi connectivity index (χ1) is 15.5. The maximum atomic E-state index is 14.3. The summed E-state index contributed by atoms with van der Waals surface area (Å²) in [7, 11) is 3.00. The molecule has 1 N–H and O–H groups in total. The minimum absolute atomic E-state index is 0.179. The molecule has 4 nitrogen and oxygen atoms in total. The van der Waals surface area contributed by atoms with Crippen molar-refractivity contribution in [3.8, 4) is 16.9 Å². The average Bonchev–Trinajstić information content (AvgIpc) is 2.83. The molecule has 1 aliphatic rings. The first-order valence-electron chi connectivity index (χ1n) is 10.9. The van der Waals surface area contributed by atoms with Crippen molar-refractivity contribution in [3.05, 3.63) is 83.2 Å². The van der Waals surface area contributed by atoms with Gasteiger partial charge in [-0.15, -0.1) is 0 Å². The van der Waals surface area contributed by atoms with Crippen LogP contribution in [0.1, 0.15) is 36.1 Å². The zero-order valence-corrected chi connectivity index (χ0v) is 18.7. The van der Waals surface area contributed by atoms with Crippen LogP contribution in [0.4, 0.5) is 10.1 Å². The van der Waals surface area contributed by atoms with Gasteiger partial charge in [0.2, 0.25) is 0 Å². The molecular formula is C27H28FNO3. The third-order valence-corrected chi connectivity index (χ3v) is 6.15. The van der Waals surface area contributed by atoms with Crippen molar-refractivity contribution in [3.63, 3.8) is 0 Å². The number of carbonyl (C=O) groups excluding carboxylic acids is 1. The third-order valence-electron chi connectivity index (χ3n) is 6.15. The van der Waals surface area contributed by atoms with E-state index in [1.54, 1.807) is 19.2 Å². The van der Waals surface area contributed by atoms with Gasteiger partial charge in [-0.1, -0.05) is 43.3 Å². The number of esters is 1. The second-order valence-corrected chi connectivity index (χ2v) is 8.32. The van der Waals surface area contributed by atoms with E-state index in [1.165, 1.54) is 18.7 Å². The lowest BCUT2D eigenvalue weighted by molar-refractivity contribution is -0.144. The van der Waals surface area contributed by atoms with Crippen LogP contribution in [0, 0.1) is 11.7 Å². The zero-order chi connectivity index (χ0) is 22.7. The van der Waals surface area contributed by atoms with Gasteiger partial charge in [0.05, 0.1) is 26.2 Å². The van der Waals surface area contributed by atoms with Gasteiger partial charge in [0.25, 0.3) is 0 Å². The van der Waals surface area contributed by atoms with Crippen LogP contribution in [-0.4, -0.2) is 20.2 Å². The quantitative estimate of drug-likeness (QED) is 0.488. The van der Waals surface area contributed by atoms with Gasteiger partial charge >= 0.3 is 5.97 Å². The van der Waals surface area contributed by atoms with Gasteiger partial charge in [-0.05, 0) is 65.8 Å². The lowest BCUT2D eigenvalue weighted by Gasteiger charge is -2.28. The van der Waals surface area contributed by atoms with E-state index in [1.807, 2.05) is 19.1 Å². The molecular weight excluding hydrogens is 405 g/mol. The number of hydrogen-bond donors (Lipinski definition) is 1. The summed E-state index contributed by atoms with van der Waals surface area (Å²) >= 11 is 0. The molecule has 1 heterocycles. The summed E-state index contributed by atoms with van der Waals surface area (Å²) in [6, 6.07) is 19.4. The van der Waals surface area contributed by atoms with Crippen molar-refractivity contribution in [2.45, 2.75) is 32.2 Å². The second-order valence-electron chi connectivity index (χ2n) is 8.32. The van der Waals surface area contributed by atoms with Gasteiger partial charge in [-0.3, -0.25) is 4.79 Å². The molecule has 0 spiro atoms. The van der Waals surface area contributed by atoms with Crippen LogP contribution in [0.5, 0.6) is 5.75 Å². The summed E-state index contributed by atoms with van der Waals surface area (Å²) in [6.45, 7) is 1.88. The molecule has 0 radical (unpaired) electrons. The molecule has 5 heteroatoms. The highest BCUT2D eigenvalue weighted by atomic mass is 19.1. The number of hydrogen-bond acceptors (Lipinski definition) is 4. The van der Waals surface area contributed by atoms with Crippen molar-refractivity contribution >= 4 is 11.7 Å². The second kappa shape index (κ2) is 9.43. The summed E-state index contributed by atoms with van der Waals surface area (Å²) in [5, 5.41) is 3.65. The molecule has 0 saturated heterocycles. The number of ether oxygens (including phenoxy) is 2. The first-order valence-corrected chi connectivity index (χ1v) is 10.9. The number of halogens is 1. The van der Waals surface area contributed by atoms with Crippen LogP contribution in [0.2, 0.25) is 0 Å². The van der Waals surface area contributed by atoms with Gasteiger partial charge in [0.15, 0.2) is 0 Å². The molecule has 0 aromatic heterocycles. The molecule has 3 aromatic rings. The van der Waals surface area contributed by atoms with Crippen LogP contribution in [0.3, 0.4) is 0 Å². The Hall–Kier alpha value is -3.34. The molecule has 0 bridgehead atoms. The molecule has 1 aliphatic heterocycles. The van der Waals surface area contributed by atoms with E-state index in [2.05, 4.69) is 35.6 Å². The fraction of sp³-hybridized carbons (Fsp3) is 0.296. The maximum absolute atomic E-state index is 14.3. The van der Waals surface area contributed by atoms with E-state index < -0.39 is 0 Å². The number of rotatable bonds is 6. The summed E-state index contributed by atoms with van der Waals surface area (Å²) in [6.07, 6.45) is 2.61. The standard InChI is InChI=1S/C27H28FNO3/c1-17(27(30)32-3)14-18-4-5-21-10-13-25(29-26(21)15-18)20-8-6-19(7-9-20)23-16-22(31-2)11-12-24(23)28/h4-9,11-12,15-17,25,29H,10,13-14H2,1-3H3. The molecule has 2 atom stereocenters. The van der Waals surface area contributed by atoms with E-state index in [4.69, 9.17) is 9.47 Å². The Labute approximate surface area is 188 Å². The molecule has 0 fully saturated rings. The Kier molecular flexibility index (Phi) is 6.45. The predicted molar refractivity (Wildman–Crippen MR) is 124 cm³/mol. The summed E-state index contributed by atoms with van der Waals surface area (Å²) in [5.41, 5.74) is 6.02. The number of nitrogens with one attached hydrogen (secondary N) is 1. The summed E-state index contributed by atoms with van der Waals surface area (Å²) in [4.78, 5) is 11.8. The van der Waals surface area contributed by atoms with Crippen molar-refractivity contribution in [2.24, 2.45) is 5.92 Å². The van der Waals surface area contributed by atoms with E-state index >= 15 is 0 Å². The van der Waals surface area contributed by atoms with Gasteiger partial charge in [-0.25, -0.2) is 4.39 Å². The van der Waals surface area contributed by atoms with Crippen molar-refractivity contribution < 1.29 is 18.7 Å². The number of fused-ring (bicyclic) bond motifs is 1. The zero-order valence-electron chi connectivity index (χ0n) is 18.7. The van der Waals surface area contributed by atoms with E-state index in [0.717, 1.165) is 35.2 Å². The Balaban J connectivity index is 1.51. The van der Waals surface area contributed by atoms with Crippen molar-refractivity contribution in [2.75, 3.05) is 19.5 Å². The van der Waals surface area contributed by atoms with Crippen LogP contribution >= 0.6 is 0 Å². The van der Waals surface area contributed by atoms with Gasteiger partial charge < -0.3 is 14.8 Å². The van der Waals surface area contributed by atoms with Crippen LogP contribution in [0.15, 0.2) is 60.7 Å². The normalized spacial score (nSPS) is 15.9. The molecule has 2 unspecified atom stereocenters. The average molecular weight is 434 g/mol. The van der Waals surface area contributed by atoms with Gasteiger partial charge in [-0.2, -0.15) is 0 Å². The highest BCUT2D eigenvalue weighted by molar-refractivity contribution is 5.72. The lowest BCUT2D eigenvalue weighted by Crippen LogP contribution is -2.19. The number of methoxy groups -OCH3 is 2. The van der Waals surface area contributed by atoms with Crippen LogP contribution in [-0.2, 0) is 22.4 Å². The Morgan fingerprint density at radius 3 is 2.59 bits per heavy atom. The van der Waals surface area contributed by atoms with E-state index in [9.17, 15) is 9.18 Å². The largest absolute Gasteiger partial charge is 0.497 e. The molecule has 166 valence electrons. The third kappa shape index (κ3) is 4.62. The Morgan fingerprint density at radius 2 is 1.88 bits per heavy atom. The topological polar surface area (TPSA) is 47.6 Å². The number of carbonyl (C=O) groups is 1. The first kappa shape index (κ1) is 21.9. The molecule has 3 aromatic carbocycles. The van der Waals surface area contributed by atoms with Crippen molar-refractivity contribution in [1.82, 2.24) is 0 Å². The predicted octanol–water partition coefficient (Wildman–Crippen LogP) is 5.95. The molecule has 0 amide bonds.